The molecule has 2 aliphatic carbocycles. The largest absolute Gasteiger partial charge is 0.307 e. The summed E-state index contributed by atoms with van der Waals surface area (Å²) in [7, 11) is 0. The van der Waals surface area contributed by atoms with Crippen LogP contribution in [0.25, 0.3) is 0 Å². The van der Waals surface area contributed by atoms with E-state index in [0.29, 0.717) is 16.9 Å². The monoisotopic (exact) mass is 276 g/mol. The van der Waals surface area contributed by atoms with E-state index < -0.39 is 0 Å². The van der Waals surface area contributed by atoms with Crippen molar-refractivity contribution in [2.24, 2.45) is 16.7 Å². The number of hydrogen-bond acceptors (Lipinski definition) is 2. The van der Waals surface area contributed by atoms with Gasteiger partial charge in [0.2, 0.25) is 0 Å². The molecule has 4 unspecified atom stereocenters. The van der Waals surface area contributed by atoms with E-state index >= 15 is 0 Å². The quantitative estimate of drug-likeness (QED) is 0.899. The van der Waals surface area contributed by atoms with E-state index in [4.69, 9.17) is 0 Å². The van der Waals surface area contributed by atoms with Crippen molar-refractivity contribution >= 4 is 0 Å². The molecular formula is C17H25FN2. The van der Waals surface area contributed by atoms with Gasteiger partial charge in [-0.05, 0) is 54.6 Å². The minimum Gasteiger partial charge on any atom is -0.307 e. The van der Waals surface area contributed by atoms with Crippen LogP contribution < -0.4 is 5.32 Å². The van der Waals surface area contributed by atoms with Gasteiger partial charge in [-0.3, -0.25) is 4.98 Å². The van der Waals surface area contributed by atoms with E-state index in [1.165, 1.54) is 25.5 Å². The number of pyridine rings is 1. The molecular weight excluding hydrogens is 251 g/mol. The second-order valence-corrected chi connectivity index (χ2v) is 7.49. The van der Waals surface area contributed by atoms with Crippen molar-refractivity contribution in [3.63, 3.8) is 0 Å². The zero-order valence-corrected chi connectivity index (χ0v) is 12.9. The smallest absolute Gasteiger partial charge is 0.141 e. The number of nitrogens with one attached hydrogen (secondary N) is 1. The molecule has 2 fully saturated rings. The lowest BCUT2D eigenvalue weighted by molar-refractivity contribution is 0.116. The first-order chi connectivity index (χ1) is 9.34. The Kier molecular flexibility index (Phi) is 3.16. The van der Waals surface area contributed by atoms with Crippen molar-refractivity contribution in [2.45, 2.75) is 59.0 Å². The van der Waals surface area contributed by atoms with Crippen LogP contribution in [-0.4, -0.2) is 11.0 Å². The van der Waals surface area contributed by atoms with E-state index in [9.17, 15) is 4.39 Å². The Morgan fingerprint density at radius 3 is 2.65 bits per heavy atom. The van der Waals surface area contributed by atoms with Crippen molar-refractivity contribution in [3.8, 4) is 0 Å². The molecule has 0 spiro atoms. The second-order valence-electron chi connectivity index (χ2n) is 7.49. The molecule has 0 aliphatic heterocycles. The van der Waals surface area contributed by atoms with E-state index in [1.54, 1.807) is 12.3 Å². The molecule has 1 heterocycles. The Balaban J connectivity index is 1.76. The number of nitrogens with zero attached hydrogens (tertiary/aromatic N) is 1. The second kappa shape index (κ2) is 4.52. The predicted octanol–water partition coefficient (Wildman–Crippen LogP) is 4.09. The molecule has 2 aliphatic rings. The van der Waals surface area contributed by atoms with Gasteiger partial charge in [-0.15, -0.1) is 0 Å². The maximum atomic E-state index is 13.3. The predicted molar refractivity (Wildman–Crippen MR) is 78.8 cm³/mol. The standard InChI is InChI=1S/C17H25FN2/c1-11(12-7-14(18)10-19-9-12)20-15-8-13-5-6-17(15,4)16(13,2)3/h7,9-11,13,15,20H,5-6,8H2,1-4H3. The van der Waals surface area contributed by atoms with Crippen LogP contribution in [0.4, 0.5) is 4.39 Å². The maximum Gasteiger partial charge on any atom is 0.141 e. The van der Waals surface area contributed by atoms with Crippen LogP contribution in [0.3, 0.4) is 0 Å². The van der Waals surface area contributed by atoms with E-state index in [0.717, 1.165) is 11.5 Å². The highest BCUT2D eigenvalue weighted by molar-refractivity contribution is 5.18. The summed E-state index contributed by atoms with van der Waals surface area (Å²) in [6.45, 7) is 9.37. The summed E-state index contributed by atoms with van der Waals surface area (Å²) in [5, 5.41) is 3.74. The van der Waals surface area contributed by atoms with Crippen LogP contribution in [0.2, 0.25) is 0 Å². The Morgan fingerprint density at radius 1 is 1.35 bits per heavy atom. The molecule has 1 aromatic heterocycles. The van der Waals surface area contributed by atoms with Gasteiger partial charge in [-0.25, -0.2) is 4.39 Å². The lowest BCUT2D eigenvalue weighted by atomic mass is 9.69. The Morgan fingerprint density at radius 2 is 2.10 bits per heavy atom. The molecule has 0 saturated heterocycles. The van der Waals surface area contributed by atoms with E-state index in [2.05, 4.69) is 38.0 Å². The molecule has 0 aromatic carbocycles. The van der Waals surface area contributed by atoms with Gasteiger partial charge in [-0.1, -0.05) is 20.8 Å². The van der Waals surface area contributed by atoms with Gasteiger partial charge in [0.25, 0.3) is 0 Å². The lowest BCUT2D eigenvalue weighted by Gasteiger charge is -2.40. The maximum absolute atomic E-state index is 13.3. The van der Waals surface area contributed by atoms with Crippen LogP contribution in [-0.2, 0) is 0 Å². The van der Waals surface area contributed by atoms with Crippen molar-refractivity contribution < 1.29 is 4.39 Å². The lowest BCUT2D eigenvalue weighted by Crippen LogP contribution is -2.45. The molecule has 20 heavy (non-hydrogen) atoms. The van der Waals surface area contributed by atoms with Crippen molar-refractivity contribution in [1.82, 2.24) is 10.3 Å². The van der Waals surface area contributed by atoms with Crippen molar-refractivity contribution in [1.29, 1.82) is 0 Å². The number of rotatable bonds is 3. The van der Waals surface area contributed by atoms with Crippen LogP contribution in [0.1, 0.15) is 58.6 Å². The summed E-state index contributed by atoms with van der Waals surface area (Å²) >= 11 is 0. The zero-order valence-electron chi connectivity index (χ0n) is 12.9. The molecule has 2 nitrogen and oxygen atoms in total. The average molecular weight is 276 g/mol. The Hall–Kier alpha value is -0.960. The first-order valence-electron chi connectivity index (χ1n) is 7.71. The molecule has 2 bridgehead atoms. The number of aromatic nitrogens is 1. The zero-order chi connectivity index (χ0) is 14.5. The third-order valence-electron chi connectivity index (χ3n) is 6.47. The van der Waals surface area contributed by atoms with Gasteiger partial charge < -0.3 is 5.32 Å². The molecule has 0 radical (unpaired) electrons. The SMILES string of the molecule is CC(NC1CC2CCC1(C)C2(C)C)c1cncc(F)c1. The fourth-order valence-corrected chi connectivity index (χ4v) is 4.52. The van der Waals surface area contributed by atoms with Crippen molar-refractivity contribution in [3.05, 3.63) is 29.8 Å². The summed E-state index contributed by atoms with van der Waals surface area (Å²) in [5.74, 6) is 0.568. The summed E-state index contributed by atoms with van der Waals surface area (Å²) in [6.07, 6.45) is 6.93. The summed E-state index contributed by atoms with van der Waals surface area (Å²) in [5.41, 5.74) is 1.70. The fourth-order valence-electron chi connectivity index (χ4n) is 4.52. The van der Waals surface area contributed by atoms with Gasteiger partial charge in [-0.2, -0.15) is 0 Å². The highest BCUT2D eigenvalue weighted by atomic mass is 19.1. The van der Waals surface area contributed by atoms with Gasteiger partial charge in [0, 0.05) is 18.3 Å². The highest BCUT2D eigenvalue weighted by Gasteiger charge is 2.61. The molecule has 3 heteroatoms. The van der Waals surface area contributed by atoms with E-state index in [1.807, 2.05) is 0 Å². The minimum absolute atomic E-state index is 0.148. The van der Waals surface area contributed by atoms with Crippen molar-refractivity contribution in [2.75, 3.05) is 0 Å². The number of fused-ring (bicyclic) bond motifs is 2. The fraction of sp³-hybridized carbons (Fsp3) is 0.706. The minimum atomic E-state index is -0.254. The molecule has 110 valence electrons. The Bertz CT molecular complexity index is 513. The summed E-state index contributed by atoms with van der Waals surface area (Å²) < 4.78 is 13.3. The first-order valence-corrected chi connectivity index (χ1v) is 7.71. The molecule has 0 amide bonds. The highest BCUT2D eigenvalue weighted by Crippen LogP contribution is 2.65. The first kappa shape index (κ1) is 14.0. The third-order valence-corrected chi connectivity index (χ3v) is 6.47. The van der Waals surface area contributed by atoms with Gasteiger partial charge in [0.15, 0.2) is 0 Å². The van der Waals surface area contributed by atoms with Crippen LogP contribution in [0.5, 0.6) is 0 Å². The van der Waals surface area contributed by atoms with Crippen LogP contribution in [0, 0.1) is 22.6 Å². The summed E-state index contributed by atoms with van der Waals surface area (Å²) in [6, 6.07) is 2.26. The molecule has 1 aromatic rings. The van der Waals surface area contributed by atoms with Gasteiger partial charge in [0.1, 0.15) is 5.82 Å². The van der Waals surface area contributed by atoms with Crippen LogP contribution in [0.15, 0.2) is 18.5 Å². The number of hydrogen-bond donors (Lipinski definition) is 1. The molecule has 2 saturated carbocycles. The van der Waals surface area contributed by atoms with Gasteiger partial charge >= 0.3 is 0 Å². The normalized spacial score (nSPS) is 36.2. The van der Waals surface area contributed by atoms with Crippen LogP contribution >= 0.6 is 0 Å². The Labute approximate surface area is 121 Å². The molecule has 1 N–H and O–H groups in total. The van der Waals surface area contributed by atoms with Gasteiger partial charge in [0.05, 0.1) is 6.20 Å². The summed E-state index contributed by atoms with van der Waals surface area (Å²) in [4.78, 5) is 3.96. The topological polar surface area (TPSA) is 24.9 Å². The third kappa shape index (κ3) is 1.90. The van der Waals surface area contributed by atoms with E-state index in [-0.39, 0.29) is 11.9 Å². The molecule has 3 rings (SSSR count). The average Bonchev–Trinajstić information content (AvgIpc) is 2.72. The number of halogens is 1. The molecule has 4 atom stereocenters.